The monoisotopic (exact) mass is 358 g/mol. The number of benzene rings is 1. The van der Waals surface area contributed by atoms with E-state index in [-0.39, 0.29) is 23.6 Å². The Morgan fingerprint density at radius 1 is 1.00 bits per heavy atom. The van der Waals surface area contributed by atoms with Gasteiger partial charge in [0.1, 0.15) is 17.4 Å². The molecule has 4 heterocycles. The number of hydrogen-bond donors (Lipinski definition) is 0. The molecule has 1 atom stereocenters. The number of carbonyl (C=O) groups excluding carboxylic acids is 1. The first-order valence-corrected chi connectivity index (χ1v) is 8.54. The SMILES string of the molecule is O=C1c2oc3ccccc3c(=O)c2[C@H](c2ccccn2)N1Cc1ccco1. The summed E-state index contributed by atoms with van der Waals surface area (Å²) in [5, 5.41) is 0.449. The highest BCUT2D eigenvalue weighted by Crippen LogP contribution is 2.38. The van der Waals surface area contributed by atoms with Crippen molar-refractivity contribution in [3.63, 3.8) is 0 Å². The lowest BCUT2D eigenvalue weighted by atomic mass is 10.0. The van der Waals surface area contributed by atoms with Gasteiger partial charge in [-0.2, -0.15) is 0 Å². The van der Waals surface area contributed by atoms with Gasteiger partial charge in [0, 0.05) is 6.20 Å². The van der Waals surface area contributed by atoms with Crippen LogP contribution < -0.4 is 5.43 Å². The molecule has 132 valence electrons. The Balaban J connectivity index is 1.75. The lowest BCUT2D eigenvalue weighted by Crippen LogP contribution is -2.29. The molecule has 0 N–H and O–H groups in total. The van der Waals surface area contributed by atoms with Gasteiger partial charge in [-0.25, -0.2) is 0 Å². The summed E-state index contributed by atoms with van der Waals surface area (Å²) in [6.45, 7) is 0.215. The van der Waals surface area contributed by atoms with E-state index in [1.54, 1.807) is 65.9 Å². The topological polar surface area (TPSA) is 76.6 Å². The maximum absolute atomic E-state index is 13.2. The molecule has 0 unspecified atom stereocenters. The van der Waals surface area contributed by atoms with Gasteiger partial charge in [0.2, 0.25) is 5.76 Å². The van der Waals surface area contributed by atoms with Crippen LogP contribution in [0.4, 0.5) is 0 Å². The average molecular weight is 358 g/mol. The molecule has 0 radical (unpaired) electrons. The Kier molecular flexibility index (Phi) is 3.43. The minimum absolute atomic E-state index is 0.0703. The highest BCUT2D eigenvalue weighted by molar-refractivity contribution is 5.98. The molecule has 1 aliphatic heterocycles. The molecule has 0 spiro atoms. The van der Waals surface area contributed by atoms with Crippen LogP contribution in [0.1, 0.15) is 33.6 Å². The number of furan rings is 1. The molecule has 27 heavy (non-hydrogen) atoms. The predicted octanol–water partition coefficient (Wildman–Crippen LogP) is 3.53. The van der Waals surface area contributed by atoms with Gasteiger partial charge in [0.05, 0.1) is 29.5 Å². The summed E-state index contributed by atoms with van der Waals surface area (Å²) in [5.41, 5.74) is 1.12. The van der Waals surface area contributed by atoms with E-state index in [0.29, 0.717) is 28.0 Å². The first-order valence-electron chi connectivity index (χ1n) is 8.54. The van der Waals surface area contributed by atoms with Gasteiger partial charge in [-0.15, -0.1) is 0 Å². The maximum Gasteiger partial charge on any atom is 0.291 e. The Labute approximate surface area is 153 Å². The lowest BCUT2D eigenvalue weighted by Gasteiger charge is -2.23. The van der Waals surface area contributed by atoms with Gasteiger partial charge in [0.15, 0.2) is 5.43 Å². The summed E-state index contributed by atoms with van der Waals surface area (Å²) in [4.78, 5) is 32.3. The van der Waals surface area contributed by atoms with E-state index in [1.165, 1.54) is 0 Å². The van der Waals surface area contributed by atoms with Gasteiger partial charge in [-0.3, -0.25) is 14.6 Å². The Hall–Kier alpha value is -3.67. The third kappa shape index (κ3) is 2.38. The Morgan fingerprint density at radius 3 is 2.63 bits per heavy atom. The molecule has 0 aliphatic carbocycles. The Bertz CT molecular complexity index is 1200. The fourth-order valence-electron chi connectivity index (χ4n) is 3.55. The summed E-state index contributed by atoms with van der Waals surface area (Å²) in [5.74, 6) is 0.343. The molecule has 1 aliphatic rings. The zero-order valence-electron chi connectivity index (χ0n) is 14.2. The van der Waals surface area contributed by atoms with Crippen LogP contribution in [-0.2, 0) is 6.54 Å². The molecule has 3 aromatic heterocycles. The highest BCUT2D eigenvalue weighted by atomic mass is 16.3. The smallest absolute Gasteiger partial charge is 0.291 e. The summed E-state index contributed by atoms with van der Waals surface area (Å²) in [6.07, 6.45) is 3.20. The van der Waals surface area contributed by atoms with Gasteiger partial charge in [0.25, 0.3) is 5.91 Å². The van der Waals surface area contributed by atoms with Crippen LogP contribution in [0, 0.1) is 0 Å². The third-order valence-electron chi connectivity index (χ3n) is 4.75. The standard InChI is InChI=1S/C21H14N2O4/c24-19-14-7-1-2-9-16(14)27-20-17(19)18(15-8-3-4-10-22-15)23(21(20)25)12-13-6-5-11-26-13/h1-11,18H,12H2/t18-/m0/s1. The largest absolute Gasteiger partial charge is 0.467 e. The highest BCUT2D eigenvalue weighted by Gasteiger charge is 2.43. The zero-order chi connectivity index (χ0) is 18.4. The molecule has 1 amide bonds. The number of pyridine rings is 1. The van der Waals surface area contributed by atoms with Crippen molar-refractivity contribution in [2.45, 2.75) is 12.6 Å². The molecule has 0 fully saturated rings. The predicted molar refractivity (Wildman–Crippen MR) is 97.1 cm³/mol. The number of nitrogens with zero attached hydrogens (tertiary/aromatic N) is 2. The number of rotatable bonds is 3. The molecular formula is C21H14N2O4. The van der Waals surface area contributed by atoms with Crippen molar-refractivity contribution in [3.05, 3.63) is 100 Å². The number of hydrogen-bond acceptors (Lipinski definition) is 5. The van der Waals surface area contributed by atoms with Crippen molar-refractivity contribution >= 4 is 16.9 Å². The average Bonchev–Trinajstić information content (AvgIpc) is 3.31. The van der Waals surface area contributed by atoms with E-state index in [1.807, 2.05) is 6.07 Å². The molecular weight excluding hydrogens is 344 g/mol. The molecule has 6 nitrogen and oxygen atoms in total. The normalized spacial score (nSPS) is 16.1. The summed E-state index contributed by atoms with van der Waals surface area (Å²) < 4.78 is 11.3. The fourth-order valence-corrected chi connectivity index (χ4v) is 3.55. The number of fused-ring (bicyclic) bond motifs is 2. The maximum atomic E-state index is 13.2. The second-order valence-electron chi connectivity index (χ2n) is 6.34. The second kappa shape index (κ2) is 5.95. The van der Waals surface area contributed by atoms with Crippen molar-refractivity contribution in [3.8, 4) is 0 Å². The van der Waals surface area contributed by atoms with Crippen molar-refractivity contribution in [1.82, 2.24) is 9.88 Å². The van der Waals surface area contributed by atoms with E-state index in [0.717, 1.165) is 0 Å². The number of aromatic nitrogens is 1. The number of amides is 1. The molecule has 1 aromatic carbocycles. The van der Waals surface area contributed by atoms with Gasteiger partial charge < -0.3 is 13.7 Å². The minimum atomic E-state index is -0.625. The van der Waals surface area contributed by atoms with E-state index in [9.17, 15) is 9.59 Å². The minimum Gasteiger partial charge on any atom is -0.467 e. The zero-order valence-corrected chi connectivity index (χ0v) is 14.2. The van der Waals surface area contributed by atoms with Crippen molar-refractivity contribution in [2.75, 3.05) is 0 Å². The van der Waals surface area contributed by atoms with Crippen molar-refractivity contribution < 1.29 is 13.6 Å². The Morgan fingerprint density at radius 2 is 1.85 bits per heavy atom. The van der Waals surface area contributed by atoms with Crippen LogP contribution in [0.3, 0.4) is 0 Å². The first kappa shape index (κ1) is 15.6. The molecule has 0 bridgehead atoms. The van der Waals surface area contributed by atoms with Crippen LogP contribution in [0.25, 0.3) is 11.0 Å². The van der Waals surface area contributed by atoms with E-state index in [2.05, 4.69) is 4.98 Å². The van der Waals surface area contributed by atoms with Crippen LogP contribution in [-0.4, -0.2) is 15.8 Å². The molecule has 0 saturated heterocycles. The van der Waals surface area contributed by atoms with Gasteiger partial charge in [-0.05, 0) is 36.4 Å². The van der Waals surface area contributed by atoms with Crippen LogP contribution in [0.15, 0.2) is 80.7 Å². The van der Waals surface area contributed by atoms with Crippen LogP contribution in [0.2, 0.25) is 0 Å². The molecule has 0 saturated carbocycles. The summed E-state index contributed by atoms with van der Waals surface area (Å²) >= 11 is 0. The first-order chi connectivity index (χ1) is 13.2. The van der Waals surface area contributed by atoms with Crippen LogP contribution in [0.5, 0.6) is 0 Å². The number of para-hydroxylation sites is 1. The van der Waals surface area contributed by atoms with E-state index < -0.39 is 6.04 Å². The third-order valence-corrected chi connectivity index (χ3v) is 4.75. The molecule has 6 heteroatoms. The molecule has 5 rings (SSSR count). The summed E-state index contributed by atoms with van der Waals surface area (Å²) in [7, 11) is 0. The summed E-state index contributed by atoms with van der Waals surface area (Å²) in [6, 6.07) is 15.3. The molecule has 4 aromatic rings. The second-order valence-corrected chi connectivity index (χ2v) is 6.34. The lowest BCUT2D eigenvalue weighted by molar-refractivity contribution is 0.0699. The van der Waals surface area contributed by atoms with Crippen LogP contribution >= 0.6 is 0 Å². The number of carbonyl (C=O) groups is 1. The quantitative estimate of drug-likeness (QED) is 0.560. The van der Waals surface area contributed by atoms with Gasteiger partial charge in [-0.1, -0.05) is 18.2 Å². The van der Waals surface area contributed by atoms with Crippen molar-refractivity contribution in [1.29, 1.82) is 0 Å². The van der Waals surface area contributed by atoms with Crippen molar-refractivity contribution in [2.24, 2.45) is 0 Å². The fraction of sp³-hybridized carbons (Fsp3) is 0.0952. The van der Waals surface area contributed by atoms with Gasteiger partial charge >= 0.3 is 0 Å². The van der Waals surface area contributed by atoms with E-state index in [4.69, 9.17) is 8.83 Å². The van der Waals surface area contributed by atoms with E-state index >= 15 is 0 Å².